The van der Waals surface area contributed by atoms with E-state index in [1.807, 2.05) is 6.07 Å². The Labute approximate surface area is 161 Å². The maximum atomic E-state index is 12.7. The normalized spacial score (nSPS) is 16.0. The fourth-order valence-electron chi connectivity index (χ4n) is 3.90. The number of methoxy groups -OCH3 is 1. The first-order valence-electron chi connectivity index (χ1n) is 9.82. The molecular formula is C23H29NO3. The molecule has 0 heterocycles. The summed E-state index contributed by atoms with van der Waals surface area (Å²) in [5.41, 5.74) is 3.01. The molecule has 4 nitrogen and oxygen atoms in total. The van der Waals surface area contributed by atoms with Crippen LogP contribution in [0.25, 0.3) is 0 Å². The van der Waals surface area contributed by atoms with E-state index in [1.165, 1.54) is 12.7 Å². The molecule has 144 valence electrons. The lowest BCUT2D eigenvalue weighted by molar-refractivity contribution is 0.0928. The lowest BCUT2D eigenvalue weighted by Gasteiger charge is -2.20. The van der Waals surface area contributed by atoms with E-state index in [0.29, 0.717) is 11.3 Å². The maximum Gasteiger partial charge on any atom is 0.166 e. The summed E-state index contributed by atoms with van der Waals surface area (Å²) in [6.07, 6.45) is 3.76. The molecule has 0 saturated heterocycles. The van der Waals surface area contributed by atoms with Gasteiger partial charge in [0.25, 0.3) is 0 Å². The molecule has 2 aromatic carbocycles. The summed E-state index contributed by atoms with van der Waals surface area (Å²) < 4.78 is 5.13. The fourth-order valence-corrected chi connectivity index (χ4v) is 3.90. The summed E-state index contributed by atoms with van der Waals surface area (Å²) in [4.78, 5) is 15.1. The summed E-state index contributed by atoms with van der Waals surface area (Å²) in [5.74, 6) is 0.724. The average Bonchev–Trinajstić information content (AvgIpc) is 2.99. The van der Waals surface area contributed by atoms with Crippen molar-refractivity contribution >= 4 is 5.78 Å². The van der Waals surface area contributed by atoms with Crippen molar-refractivity contribution in [3.05, 3.63) is 59.2 Å². The fraction of sp³-hybridized carbons (Fsp3) is 0.435. The first kappa shape index (κ1) is 19.4. The van der Waals surface area contributed by atoms with Crippen molar-refractivity contribution in [2.45, 2.75) is 39.2 Å². The molecule has 27 heavy (non-hydrogen) atoms. The van der Waals surface area contributed by atoms with Gasteiger partial charge >= 0.3 is 0 Å². The van der Waals surface area contributed by atoms with Crippen LogP contribution in [-0.2, 0) is 13.0 Å². The van der Waals surface area contributed by atoms with Gasteiger partial charge in [-0.2, -0.15) is 0 Å². The van der Waals surface area contributed by atoms with Crippen molar-refractivity contribution in [2.24, 2.45) is 5.92 Å². The van der Waals surface area contributed by atoms with Crippen LogP contribution in [0.3, 0.4) is 0 Å². The number of carbonyl (C=O) groups is 1. The molecule has 0 radical (unpaired) electrons. The van der Waals surface area contributed by atoms with Gasteiger partial charge in [-0.05, 0) is 55.6 Å². The number of hydrogen-bond donors (Lipinski definition) is 1. The van der Waals surface area contributed by atoms with Gasteiger partial charge in [0.15, 0.2) is 17.3 Å². The van der Waals surface area contributed by atoms with E-state index in [0.717, 1.165) is 50.9 Å². The Morgan fingerprint density at radius 3 is 2.67 bits per heavy atom. The first-order chi connectivity index (χ1) is 13.1. The Balaban J connectivity index is 1.47. The monoisotopic (exact) mass is 367 g/mol. The number of benzene rings is 2. The van der Waals surface area contributed by atoms with Gasteiger partial charge in [-0.25, -0.2) is 0 Å². The summed E-state index contributed by atoms with van der Waals surface area (Å²) in [6.45, 7) is 5.25. The average molecular weight is 367 g/mol. The molecule has 0 fully saturated rings. The Kier molecular flexibility index (Phi) is 6.51. The van der Waals surface area contributed by atoms with E-state index >= 15 is 0 Å². The molecule has 1 unspecified atom stereocenters. The lowest BCUT2D eigenvalue weighted by atomic mass is 9.98. The van der Waals surface area contributed by atoms with E-state index in [-0.39, 0.29) is 17.5 Å². The molecule has 0 saturated carbocycles. The number of phenols is 1. The third-order valence-corrected chi connectivity index (χ3v) is 5.48. The number of rotatable bonds is 9. The van der Waals surface area contributed by atoms with Crippen LogP contribution in [0.4, 0.5) is 0 Å². The minimum Gasteiger partial charge on any atom is -0.504 e. The standard InChI is InChI=1S/C23H29NO3/c1-3-24(16-17-9-5-4-6-10-17)12-8-7-11-18-13-19-14-21(25)22(27-2)15-20(19)23(18)26/h4-6,9-10,14-15,18,25H,3,7-8,11-13,16H2,1-2H3. The zero-order valence-corrected chi connectivity index (χ0v) is 16.3. The van der Waals surface area contributed by atoms with Gasteiger partial charge in [-0.15, -0.1) is 0 Å². The number of unbranched alkanes of at least 4 members (excludes halogenated alkanes) is 1. The van der Waals surface area contributed by atoms with E-state index in [4.69, 9.17) is 4.74 Å². The lowest BCUT2D eigenvalue weighted by Crippen LogP contribution is -2.24. The molecule has 0 aromatic heterocycles. The van der Waals surface area contributed by atoms with Gasteiger partial charge in [-0.1, -0.05) is 43.7 Å². The predicted molar refractivity (Wildman–Crippen MR) is 107 cm³/mol. The van der Waals surface area contributed by atoms with Crippen molar-refractivity contribution in [1.82, 2.24) is 4.90 Å². The SMILES string of the molecule is CCN(CCCCC1Cc2cc(O)c(OC)cc2C1=O)Cc1ccccc1. The minimum atomic E-state index is 0.0377. The summed E-state index contributed by atoms with van der Waals surface area (Å²) in [6, 6.07) is 13.9. The van der Waals surface area contributed by atoms with Crippen LogP contribution in [-0.4, -0.2) is 36.0 Å². The predicted octanol–water partition coefficient (Wildman–Crippen LogP) is 4.45. The van der Waals surface area contributed by atoms with E-state index in [9.17, 15) is 9.90 Å². The molecule has 1 N–H and O–H groups in total. The molecule has 4 heteroatoms. The zero-order chi connectivity index (χ0) is 19.2. The van der Waals surface area contributed by atoms with E-state index < -0.39 is 0 Å². The number of aromatic hydroxyl groups is 1. The second-order valence-electron chi connectivity index (χ2n) is 7.30. The molecule has 0 spiro atoms. The molecule has 3 rings (SSSR count). The second kappa shape index (κ2) is 9.05. The number of Topliss-reactive ketones (excluding diaryl/α,β-unsaturated/α-hetero) is 1. The molecule has 0 amide bonds. The van der Waals surface area contributed by atoms with Crippen LogP contribution in [0.2, 0.25) is 0 Å². The van der Waals surface area contributed by atoms with Gasteiger partial charge in [-0.3, -0.25) is 9.69 Å². The van der Waals surface area contributed by atoms with Crippen LogP contribution in [0.5, 0.6) is 11.5 Å². The largest absolute Gasteiger partial charge is 0.504 e. The highest BCUT2D eigenvalue weighted by Crippen LogP contribution is 2.37. The molecule has 1 atom stereocenters. The van der Waals surface area contributed by atoms with E-state index in [2.05, 4.69) is 36.1 Å². The summed E-state index contributed by atoms with van der Waals surface area (Å²) >= 11 is 0. The maximum absolute atomic E-state index is 12.7. The molecule has 0 aliphatic heterocycles. The molecule has 1 aliphatic rings. The third kappa shape index (κ3) is 4.69. The highest BCUT2D eigenvalue weighted by molar-refractivity contribution is 6.02. The highest BCUT2D eigenvalue weighted by Gasteiger charge is 2.31. The Hall–Kier alpha value is -2.33. The zero-order valence-electron chi connectivity index (χ0n) is 16.3. The van der Waals surface area contributed by atoms with E-state index in [1.54, 1.807) is 12.1 Å². The second-order valence-corrected chi connectivity index (χ2v) is 7.30. The number of carbonyl (C=O) groups excluding carboxylic acids is 1. The van der Waals surface area contributed by atoms with Crippen LogP contribution in [0.1, 0.15) is 47.7 Å². The van der Waals surface area contributed by atoms with Crippen LogP contribution in [0.15, 0.2) is 42.5 Å². The highest BCUT2D eigenvalue weighted by atomic mass is 16.5. The van der Waals surface area contributed by atoms with Crippen LogP contribution >= 0.6 is 0 Å². The summed E-state index contributed by atoms with van der Waals surface area (Å²) in [7, 11) is 1.51. The Morgan fingerprint density at radius 1 is 1.19 bits per heavy atom. The number of nitrogens with zero attached hydrogens (tertiary/aromatic N) is 1. The molecule has 0 bridgehead atoms. The van der Waals surface area contributed by atoms with Crippen molar-refractivity contribution < 1.29 is 14.6 Å². The van der Waals surface area contributed by atoms with Crippen molar-refractivity contribution in [3.63, 3.8) is 0 Å². The quantitative estimate of drug-likeness (QED) is 0.665. The van der Waals surface area contributed by atoms with Gasteiger partial charge in [0, 0.05) is 18.0 Å². The minimum absolute atomic E-state index is 0.0377. The van der Waals surface area contributed by atoms with Crippen LogP contribution in [0, 0.1) is 5.92 Å². The number of fused-ring (bicyclic) bond motifs is 1. The smallest absolute Gasteiger partial charge is 0.166 e. The van der Waals surface area contributed by atoms with Crippen molar-refractivity contribution in [3.8, 4) is 11.5 Å². The number of hydrogen-bond acceptors (Lipinski definition) is 4. The van der Waals surface area contributed by atoms with Gasteiger partial charge in [0.2, 0.25) is 0 Å². The molecular weight excluding hydrogens is 338 g/mol. The molecule has 2 aromatic rings. The third-order valence-electron chi connectivity index (χ3n) is 5.48. The first-order valence-corrected chi connectivity index (χ1v) is 9.82. The Morgan fingerprint density at radius 2 is 1.96 bits per heavy atom. The topological polar surface area (TPSA) is 49.8 Å². The van der Waals surface area contributed by atoms with Crippen molar-refractivity contribution in [1.29, 1.82) is 0 Å². The van der Waals surface area contributed by atoms with Gasteiger partial charge < -0.3 is 9.84 Å². The van der Waals surface area contributed by atoms with Gasteiger partial charge in [0.1, 0.15) is 0 Å². The van der Waals surface area contributed by atoms with Crippen LogP contribution < -0.4 is 4.74 Å². The number of phenolic OH excluding ortho intramolecular Hbond substituents is 1. The number of ketones is 1. The number of ether oxygens (including phenoxy) is 1. The van der Waals surface area contributed by atoms with Crippen molar-refractivity contribution in [2.75, 3.05) is 20.2 Å². The van der Waals surface area contributed by atoms with Gasteiger partial charge in [0.05, 0.1) is 7.11 Å². The Bertz CT molecular complexity index is 773. The summed E-state index contributed by atoms with van der Waals surface area (Å²) in [5, 5.41) is 9.93. The molecule has 1 aliphatic carbocycles.